The summed E-state index contributed by atoms with van der Waals surface area (Å²) < 4.78 is 8.29. The van der Waals surface area contributed by atoms with Gasteiger partial charge in [0.25, 0.3) is 0 Å². The molecule has 3 rings (SSSR count). The Labute approximate surface area is 166 Å². The second-order valence-electron chi connectivity index (χ2n) is 5.93. The number of methoxy groups -OCH3 is 1. The molecule has 0 aliphatic carbocycles. The highest BCUT2D eigenvalue weighted by Crippen LogP contribution is 2.29. The highest BCUT2D eigenvalue weighted by Gasteiger charge is 2.23. The normalized spacial score (nSPS) is 12.1. The summed E-state index contributed by atoms with van der Waals surface area (Å²) in [5, 5.41) is 3.04. The summed E-state index contributed by atoms with van der Waals surface area (Å²) in [6, 6.07) is 14.9. The van der Waals surface area contributed by atoms with Crippen LogP contribution in [0, 0.1) is 0 Å². The van der Waals surface area contributed by atoms with Gasteiger partial charge in [0.2, 0.25) is 5.91 Å². The number of hydrogen-bond acceptors (Lipinski definition) is 3. The average Bonchev–Trinajstić information content (AvgIpc) is 3.11. The molecule has 0 bridgehead atoms. The molecule has 0 saturated heterocycles. The van der Waals surface area contributed by atoms with Crippen LogP contribution in [0.1, 0.15) is 23.0 Å². The van der Waals surface area contributed by atoms with Crippen molar-refractivity contribution in [1.29, 1.82) is 0 Å². The van der Waals surface area contributed by atoms with Crippen LogP contribution in [0.3, 0.4) is 0 Å². The Morgan fingerprint density at radius 3 is 2.67 bits per heavy atom. The number of aryl methyl sites for hydroxylation is 1. The van der Waals surface area contributed by atoms with E-state index < -0.39 is 6.04 Å². The van der Waals surface area contributed by atoms with Gasteiger partial charge >= 0.3 is 0 Å². The van der Waals surface area contributed by atoms with Gasteiger partial charge < -0.3 is 14.6 Å². The van der Waals surface area contributed by atoms with Gasteiger partial charge in [-0.05, 0) is 23.8 Å². The first-order valence-electron chi connectivity index (χ1n) is 8.43. The fourth-order valence-electron chi connectivity index (χ4n) is 2.81. The van der Waals surface area contributed by atoms with E-state index in [4.69, 9.17) is 4.74 Å². The van der Waals surface area contributed by atoms with E-state index in [1.54, 1.807) is 19.4 Å². The fraction of sp³-hybridized carbons (Fsp3) is 0.143. The highest BCUT2D eigenvalue weighted by atomic mass is 79.9. The highest BCUT2D eigenvalue weighted by molar-refractivity contribution is 9.10. The van der Waals surface area contributed by atoms with E-state index in [9.17, 15) is 4.79 Å². The molecule has 1 atom stereocenters. The number of rotatable bonds is 6. The first-order valence-corrected chi connectivity index (χ1v) is 9.22. The molecular weight excluding hydrogens is 406 g/mol. The standard InChI is InChI=1S/C21H20BrN3O2/c1-25-14-13-23-21(25)20(16-8-4-6-10-18(16)27-2)24-19(26)12-11-15-7-3-5-9-17(15)22/h3-14,20H,1-2H3,(H,24,26)/b12-11+. The van der Waals surface area contributed by atoms with Crippen LogP contribution in [-0.2, 0) is 11.8 Å². The Balaban J connectivity index is 1.89. The van der Waals surface area contributed by atoms with Crippen LogP contribution < -0.4 is 10.1 Å². The Kier molecular flexibility index (Phi) is 6.08. The van der Waals surface area contributed by atoms with Gasteiger partial charge in [0.05, 0.1) is 7.11 Å². The number of amides is 1. The topological polar surface area (TPSA) is 56.1 Å². The number of carbonyl (C=O) groups is 1. The lowest BCUT2D eigenvalue weighted by atomic mass is 10.0. The van der Waals surface area contributed by atoms with Gasteiger partial charge in [0, 0.05) is 35.6 Å². The van der Waals surface area contributed by atoms with Crippen molar-refractivity contribution in [2.24, 2.45) is 7.05 Å². The smallest absolute Gasteiger partial charge is 0.244 e. The number of ether oxygens (including phenoxy) is 1. The molecule has 0 aliphatic rings. The summed E-state index contributed by atoms with van der Waals surface area (Å²) in [6.45, 7) is 0. The van der Waals surface area contributed by atoms with Crippen LogP contribution in [0.25, 0.3) is 6.08 Å². The molecule has 2 aromatic carbocycles. The molecule has 0 aliphatic heterocycles. The third-order valence-corrected chi connectivity index (χ3v) is 4.89. The molecule has 138 valence electrons. The minimum absolute atomic E-state index is 0.218. The summed E-state index contributed by atoms with van der Waals surface area (Å²) >= 11 is 3.48. The average molecular weight is 426 g/mol. The molecule has 27 heavy (non-hydrogen) atoms. The lowest BCUT2D eigenvalue weighted by molar-refractivity contribution is -0.117. The van der Waals surface area contributed by atoms with Gasteiger partial charge in [0.15, 0.2) is 0 Å². The predicted molar refractivity (Wildman–Crippen MR) is 109 cm³/mol. The van der Waals surface area contributed by atoms with E-state index in [2.05, 4.69) is 26.2 Å². The zero-order valence-corrected chi connectivity index (χ0v) is 16.7. The minimum Gasteiger partial charge on any atom is -0.496 e. The van der Waals surface area contributed by atoms with E-state index >= 15 is 0 Å². The van der Waals surface area contributed by atoms with Gasteiger partial charge in [-0.1, -0.05) is 52.3 Å². The number of nitrogens with zero attached hydrogens (tertiary/aromatic N) is 2. The third kappa shape index (κ3) is 4.46. The second-order valence-corrected chi connectivity index (χ2v) is 6.79. The van der Waals surface area contributed by atoms with Crippen LogP contribution in [0.15, 0.2) is 71.5 Å². The molecule has 0 saturated carbocycles. The maximum atomic E-state index is 12.6. The van der Waals surface area contributed by atoms with Crippen molar-refractivity contribution in [2.75, 3.05) is 7.11 Å². The van der Waals surface area contributed by atoms with E-state index in [0.29, 0.717) is 5.75 Å². The monoisotopic (exact) mass is 425 g/mol. The molecular formula is C21H20BrN3O2. The fourth-order valence-corrected chi connectivity index (χ4v) is 3.22. The van der Waals surface area contributed by atoms with Crippen molar-refractivity contribution in [3.05, 3.63) is 88.4 Å². The Morgan fingerprint density at radius 2 is 1.96 bits per heavy atom. The third-order valence-electron chi connectivity index (χ3n) is 4.17. The Hall–Kier alpha value is -2.86. The van der Waals surface area contributed by atoms with Crippen molar-refractivity contribution in [3.8, 4) is 5.75 Å². The van der Waals surface area contributed by atoms with E-state index in [-0.39, 0.29) is 5.91 Å². The van der Waals surface area contributed by atoms with E-state index in [1.807, 2.05) is 66.3 Å². The number of halogens is 1. The van der Waals surface area contributed by atoms with Crippen LogP contribution >= 0.6 is 15.9 Å². The first-order chi connectivity index (χ1) is 13.1. The van der Waals surface area contributed by atoms with Gasteiger partial charge in [-0.25, -0.2) is 4.98 Å². The maximum absolute atomic E-state index is 12.6. The number of nitrogens with one attached hydrogen (secondary N) is 1. The lowest BCUT2D eigenvalue weighted by Crippen LogP contribution is -2.30. The first kappa shape index (κ1) is 18.9. The molecule has 0 spiro atoms. The maximum Gasteiger partial charge on any atom is 0.244 e. The van der Waals surface area contributed by atoms with Gasteiger partial charge in [0.1, 0.15) is 17.6 Å². The molecule has 1 aromatic heterocycles. The number of imidazole rings is 1. The Morgan fingerprint density at radius 1 is 1.22 bits per heavy atom. The zero-order chi connectivity index (χ0) is 19.2. The second kappa shape index (κ2) is 8.68. The minimum atomic E-state index is -0.433. The molecule has 1 N–H and O–H groups in total. The van der Waals surface area contributed by atoms with Crippen LogP contribution in [0.5, 0.6) is 5.75 Å². The number of hydrogen-bond donors (Lipinski definition) is 1. The molecule has 0 fully saturated rings. The van der Waals surface area contributed by atoms with Crippen LogP contribution in [0.2, 0.25) is 0 Å². The van der Waals surface area contributed by atoms with Gasteiger partial charge in [-0.2, -0.15) is 0 Å². The molecule has 3 aromatic rings. The quantitative estimate of drug-likeness (QED) is 0.604. The summed E-state index contributed by atoms with van der Waals surface area (Å²) in [4.78, 5) is 17.0. The lowest BCUT2D eigenvalue weighted by Gasteiger charge is -2.20. The van der Waals surface area contributed by atoms with Crippen LogP contribution in [-0.4, -0.2) is 22.6 Å². The zero-order valence-electron chi connectivity index (χ0n) is 15.1. The predicted octanol–water partition coefficient (Wildman–Crippen LogP) is 4.11. The van der Waals surface area contributed by atoms with Crippen molar-refractivity contribution in [1.82, 2.24) is 14.9 Å². The number of benzene rings is 2. The number of carbonyl (C=O) groups excluding carboxylic acids is 1. The largest absolute Gasteiger partial charge is 0.496 e. The SMILES string of the molecule is COc1ccccc1C(NC(=O)/C=C/c1ccccc1Br)c1nccn1C. The van der Waals surface area contributed by atoms with Gasteiger partial charge in [-0.15, -0.1) is 0 Å². The van der Waals surface area contributed by atoms with Crippen molar-refractivity contribution in [2.45, 2.75) is 6.04 Å². The summed E-state index contributed by atoms with van der Waals surface area (Å²) in [5.74, 6) is 1.20. The molecule has 1 unspecified atom stereocenters. The molecule has 5 nitrogen and oxygen atoms in total. The number of aromatic nitrogens is 2. The number of para-hydroxylation sites is 1. The molecule has 1 amide bonds. The molecule has 6 heteroatoms. The molecule has 1 heterocycles. The van der Waals surface area contributed by atoms with E-state index in [0.717, 1.165) is 21.4 Å². The Bertz CT molecular complexity index is 965. The van der Waals surface area contributed by atoms with E-state index in [1.165, 1.54) is 6.08 Å². The van der Waals surface area contributed by atoms with Crippen molar-refractivity contribution in [3.63, 3.8) is 0 Å². The summed E-state index contributed by atoms with van der Waals surface area (Å²) in [5.41, 5.74) is 1.77. The summed E-state index contributed by atoms with van der Waals surface area (Å²) in [6.07, 6.45) is 6.85. The van der Waals surface area contributed by atoms with Crippen LogP contribution in [0.4, 0.5) is 0 Å². The van der Waals surface area contributed by atoms with Gasteiger partial charge in [-0.3, -0.25) is 4.79 Å². The van der Waals surface area contributed by atoms with Crippen molar-refractivity contribution >= 4 is 27.9 Å². The van der Waals surface area contributed by atoms with Crippen molar-refractivity contribution < 1.29 is 9.53 Å². The molecule has 0 radical (unpaired) electrons. The summed E-state index contributed by atoms with van der Waals surface area (Å²) in [7, 11) is 3.51.